The molecule has 3 rings (SSSR count). The van der Waals surface area contributed by atoms with Gasteiger partial charge in [-0.05, 0) is 20.1 Å². The molecule has 1 aliphatic heterocycles. The summed E-state index contributed by atoms with van der Waals surface area (Å²) >= 11 is 1.45. The lowest BCUT2D eigenvalue weighted by atomic mass is 10.0. The van der Waals surface area contributed by atoms with Gasteiger partial charge in [0, 0.05) is 31.7 Å². The summed E-state index contributed by atoms with van der Waals surface area (Å²) in [5.41, 5.74) is 3.15. The van der Waals surface area contributed by atoms with Gasteiger partial charge in [-0.15, -0.1) is 0 Å². The number of nitrogens with zero attached hydrogens (tertiary/aromatic N) is 5. The maximum atomic E-state index is 11.9. The number of anilines is 1. The molecule has 1 saturated heterocycles. The van der Waals surface area contributed by atoms with Gasteiger partial charge in [0.1, 0.15) is 11.6 Å². The number of aromatic nitrogens is 2. The van der Waals surface area contributed by atoms with Crippen molar-refractivity contribution >= 4 is 23.7 Å². The molecule has 7 nitrogen and oxygen atoms in total. The standard InChI is InChI=1S/C20H23N5O2S/c1-4-27-20(26)25-11-9-24(10-12-25)18-16(13-21)17(22-19(23-18)28-3)15-7-5-14(2)6-8-15/h5-8H,4,9-12H2,1-3H3. The van der Waals surface area contributed by atoms with Gasteiger partial charge in [0.2, 0.25) is 0 Å². The minimum absolute atomic E-state index is 0.296. The zero-order chi connectivity index (χ0) is 20.1. The maximum Gasteiger partial charge on any atom is 0.409 e. The summed E-state index contributed by atoms with van der Waals surface area (Å²) in [5.74, 6) is 0.626. The topological polar surface area (TPSA) is 82.3 Å². The van der Waals surface area contributed by atoms with E-state index in [1.165, 1.54) is 11.8 Å². The number of amides is 1. The van der Waals surface area contributed by atoms with E-state index in [2.05, 4.69) is 16.0 Å². The Bertz CT molecular complexity index is 887. The molecule has 0 atom stereocenters. The van der Waals surface area contributed by atoms with Crippen LogP contribution in [-0.2, 0) is 4.74 Å². The highest BCUT2D eigenvalue weighted by molar-refractivity contribution is 7.98. The summed E-state index contributed by atoms with van der Waals surface area (Å²) in [7, 11) is 0. The van der Waals surface area contributed by atoms with E-state index in [9.17, 15) is 10.1 Å². The third-order valence-electron chi connectivity index (χ3n) is 4.59. The second-order valence-corrected chi connectivity index (χ2v) is 7.18. The minimum atomic E-state index is -0.296. The Morgan fingerprint density at radius 2 is 1.89 bits per heavy atom. The van der Waals surface area contributed by atoms with Crippen molar-refractivity contribution in [2.24, 2.45) is 0 Å². The fraction of sp³-hybridized carbons (Fsp3) is 0.400. The highest BCUT2D eigenvalue weighted by Gasteiger charge is 2.26. The highest BCUT2D eigenvalue weighted by atomic mass is 32.2. The zero-order valence-electron chi connectivity index (χ0n) is 16.3. The number of nitriles is 1. The van der Waals surface area contributed by atoms with Crippen LogP contribution in [0.2, 0.25) is 0 Å². The second kappa shape index (κ2) is 8.93. The average molecular weight is 398 g/mol. The van der Waals surface area contributed by atoms with Gasteiger partial charge >= 0.3 is 6.09 Å². The molecule has 1 amide bonds. The van der Waals surface area contributed by atoms with E-state index in [-0.39, 0.29) is 6.09 Å². The number of piperazine rings is 1. The number of carbonyl (C=O) groups is 1. The molecular weight excluding hydrogens is 374 g/mol. The van der Waals surface area contributed by atoms with Crippen LogP contribution in [0.1, 0.15) is 18.1 Å². The van der Waals surface area contributed by atoms with Crippen molar-refractivity contribution < 1.29 is 9.53 Å². The molecule has 28 heavy (non-hydrogen) atoms. The van der Waals surface area contributed by atoms with Gasteiger partial charge in [-0.25, -0.2) is 14.8 Å². The van der Waals surface area contributed by atoms with E-state index < -0.39 is 0 Å². The Morgan fingerprint density at radius 1 is 1.21 bits per heavy atom. The van der Waals surface area contributed by atoms with E-state index in [1.54, 1.807) is 11.8 Å². The molecule has 0 saturated carbocycles. The largest absolute Gasteiger partial charge is 0.450 e. The quantitative estimate of drug-likeness (QED) is 0.578. The normalized spacial score (nSPS) is 13.9. The van der Waals surface area contributed by atoms with Crippen molar-refractivity contribution in [2.45, 2.75) is 19.0 Å². The first kappa shape index (κ1) is 20.0. The number of thioether (sulfide) groups is 1. The number of benzene rings is 1. The molecule has 8 heteroatoms. The van der Waals surface area contributed by atoms with Crippen molar-refractivity contribution in [2.75, 3.05) is 43.9 Å². The molecule has 0 N–H and O–H groups in total. The van der Waals surface area contributed by atoms with Gasteiger partial charge in [-0.2, -0.15) is 5.26 Å². The number of hydrogen-bond acceptors (Lipinski definition) is 7. The number of rotatable bonds is 4. The third kappa shape index (κ3) is 4.20. The summed E-state index contributed by atoms with van der Waals surface area (Å²) in [5, 5.41) is 10.5. The fourth-order valence-electron chi connectivity index (χ4n) is 3.09. The molecule has 0 radical (unpaired) electrons. The first-order valence-electron chi connectivity index (χ1n) is 9.17. The summed E-state index contributed by atoms with van der Waals surface area (Å²) < 4.78 is 5.08. The van der Waals surface area contributed by atoms with E-state index >= 15 is 0 Å². The molecule has 1 fully saturated rings. The van der Waals surface area contributed by atoms with Crippen molar-refractivity contribution in [3.8, 4) is 17.3 Å². The predicted octanol–water partition coefficient (Wildman–Crippen LogP) is 3.32. The lowest BCUT2D eigenvalue weighted by molar-refractivity contribution is 0.105. The molecule has 0 spiro atoms. The van der Waals surface area contributed by atoms with Crippen LogP contribution in [0.5, 0.6) is 0 Å². The Labute approximate surface area is 169 Å². The summed E-state index contributed by atoms with van der Waals surface area (Å²) in [6.07, 6.45) is 1.62. The molecule has 1 aliphatic rings. The predicted molar refractivity (Wildman–Crippen MR) is 110 cm³/mol. The Morgan fingerprint density at radius 3 is 2.46 bits per heavy atom. The molecule has 0 bridgehead atoms. The SMILES string of the molecule is CCOC(=O)N1CCN(c2nc(SC)nc(-c3ccc(C)cc3)c2C#N)CC1. The summed E-state index contributed by atoms with van der Waals surface area (Å²) in [6, 6.07) is 10.3. The fourth-order valence-corrected chi connectivity index (χ4v) is 3.45. The van der Waals surface area contributed by atoms with Gasteiger partial charge in [-0.1, -0.05) is 41.6 Å². The molecular formula is C20H23N5O2S. The minimum Gasteiger partial charge on any atom is -0.450 e. The molecule has 146 valence electrons. The smallest absolute Gasteiger partial charge is 0.409 e. The number of hydrogen-bond donors (Lipinski definition) is 0. The third-order valence-corrected chi connectivity index (χ3v) is 5.14. The summed E-state index contributed by atoms with van der Waals surface area (Å²) in [4.78, 5) is 24.9. The van der Waals surface area contributed by atoms with Gasteiger partial charge in [-0.3, -0.25) is 0 Å². The average Bonchev–Trinajstić information content (AvgIpc) is 2.73. The molecule has 0 unspecified atom stereocenters. The van der Waals surface area contributed by atoms with Crippen LogP contribution in [0.15, 0.2) is 29.4 Å². The first-order valence-corrected chi connectivity index (χ1v) is 10.4. The van der Waals surface area contributed by atoms with Crippen LogP contribution in [0.25, 0.3) is 11.3 Å². The van der Waals surface area contributed by atoms with Gasteiger partial charge in [0.15, 0.2) is 11.0 Å². The second-order valence-electron chi connectivity index (χ2n) is 6.41. The van der Waals surface area contributed by atoms with Crippen molar-refractivity contribution in [3.63, 3.8) is 0 Å². The monoisotopic (exact) mass is 397 g/mol. The van der Waals surface area contributed by atoms with Crippen LogP contribution >= 0.6 is 11.8 Å². The first-order chi connectivity index (χ1) is 13.6. The highest BCUT2D eigenvalue weighted by Crippen LogP contribution is 2.31. The maximum absolute atomic E-state index is 11.9. The van der Waals surface area contributed by atoms with E-state index in [0.717, 1.165) is 11.1 Å². The number of ether oxygens (including phenoxy) is 1. The van der Waals surface area contributed by atoms with E-state index in [1.807, 2.05) is 42.3 Å². The van der Waals surface area contributed by atoms with E-state index in [0.29, 0.717) is 55.0 Å². The van der Waals surface area contributed by atoms with Gasteiger partial charge < -0.3 is 14.5 Å². The van der Waals surface area contributed by atoms with Crippen LogP contribution in [-0.4, -0.2) is 60.0 Å². The van der Waals surface area contributed by atoms with Gasteiger partial charge in [0.05, 0.1) is 12.3 Å². The molecule has 2 heterocycles. The molecule has 1 aromatic heterocycles. The lowest BCUT2D eigenvalue weighted by Crippen LogP contribution is -2.49. The Hall–Kier alpha value is -2.79. The molecule has 1 aromatic carbocycles. The number of aryl methyl sites for hydroxylation is 1. The Balaban J connectivity index is 1.93. The van der Waals surface area contributed by atoms with Crippen molar-refractivity contribution in [1.82, 2.24) is 14.9 Å². The van der Waals surface area contributed by atoms with Crippen LogP contribution in [0, 0.1) is 18.3 Å². The number of carbonyl (C=O) groups excluding carboxylic acids is 1. The van der Waals surface area contributed by atoms with Gasteiger partial charge in [0.25, 0.3) is 0 Å². The van der Waals surface area contributed by atoms with Crippen LogP contribution < -0.4 is 4.90 Å². The van der Waals surface area contributed by atoms with Crippen molar-refractivity contribution in [3.05, 3.63) is 35.4 Å². The van der Waals surface area contributed by atoms with Crippen LogP contribution in [0.4, 0.5) is 10.6 Å². The van der Waals surface area contributed by atoms with E-state index in [4.69, 9.17) is 4.74 Å². The molecule has 0 aliphatic carbocycles. The lowest BCUT2D eigenvalue weighted by Gasteiger charge is -2.35. The van der Waals surface area contributed by atoms with Crippen LogP contribution in [0.3, 0.4) is 0 Å². The zero-order valence-corrected chi connectivity index (χ0v) is 17.1. The molecule has 2 aromatic rings. The Kier molecular flexibility index (Phi) is 6.37. The summed E-state index contributed by atoms with van der Waals surface area (Å²) in [6.45, 7) is 6.42. The van der Waals surface area contributed by atoms with Crippen molar-refractivity contribution in [1.29, 1.82) is 5.26 Å².